The summed E-state index contributed by atoms with van der Waals surface area (Å²) in [5.74, 6) is -1.14. The zero-order valence-electron chi connectivity index (χ0n) is 11.5. The van der Waals surface area contributed by atoms with Gasteiger partial charge >= 0.3 is 5.97 Å². The summed E-state index contributed by atoms with van der Waals surface area (Å²) in [4.78, 5) is 22.4. The van der Waals surface area contributed by atoms with Gasteiger partial charge in [0, 0.05) is 22.9 Å². The quantitative estimate of drug-likeness (QED) is 0.885. The summed E-state index contributed by atoms with van der Waals surface area (Å²) in [6.07, 6.45) is 2.06. The highest BCUT2D eigenvalue weighted by Gasteiger charge is 2.07. The van der Waals surface area contributed by atoms with Gasteiger partial charge in [-0.25, -0.2) is 9.48 Å². The van der Waals surface area contributed by atoms with Crippen molar-refractivity contribution in [1.82, 2.24) is 9.78 Å². The molecule has 0 atom stereocenters. The van der Waals surface area contributed by atoms with Crippen LogP contribution in [0.1, 0.15) is 17.0 Å². The van der Waals surface area contributed by atoms with Crippen molar-refractivity contribution in [1.29, 1.82) is 0 Å². The fraction of sp³-hybridized carbons (Fsp3) is 0.133. The van der Waals surface area contributed by atoms with Gasteiger partial charge in [0.25, 0.3) is 0 Å². The van der Waals surface area contributed by atoms with Crippen LogP contribution in [0.25, 0.3) is 11.8 Å². The summed E-state index contributed by atoms with van der Waals surface area (Å²) in [5, 5.41) is 13.4. The Morgan fingerprint density at radius 3 is 2.67 bits per heavy atom. The maximum Gasteiger partial charge on any atom is 0.328 e. The van der Waals surface area contributed by atoms with Crippen LogP contribution in [0.15, 0.2) is 35.1 Å². The molecule has 1 aromatic carbocycles. The highest BCUT2D eigenvalue weighted by atomic mass is 35.5. The molecule has 0 fully saturated rings. The largest absolute Gasteiger partial charge is 0.478 e. The number of rotatable bonds is 3. The third-order valence-electron chi connectivity index (χ3n) is 2.92. The highest BCUT2D eigenvalue weighted by Crippen LogP contribution is 2.19. The Hall–Kier alpha value is -2.40. The van der Waals surface area contributed by atoms with Crippen LogP contribution in [0.2, 0.25) is 5.02 Å². The summed E-state index contributed by atoms with van der Waals surface area (Å²) >= 11 is 6.10. The van der Waals surface area contributed by atoms with Crippen molar-refractivity contribution in [3.63, 3.8) is 0 Å². The number of halogens is 1. The third kappa shape index (κ3) is 3.38. The lowest BCUT2D eigenvalue weighted by molar-refractivity contribution is -0.131. The number of nitrogens with zero attached hydrogens (tertiary/aromatic N) is 2. The predicted octanol–water partition coefficient (Wildman–Crippen LogP) is 2.60. The van der Waals surface area contributed by atoms with Crippen LogP contribution < -0.4 is 5.43 Å². The molecule has 0 bridgehead atoms. The van der Waals surface area contributed by atoms with E-state index in [-0.39, 0.29) is 11.1 Å². The second-order valence-electron chi connectivity index (χ2n) is 4.55. The summed E-state index contributed by atoms with van der Waals surface area (Å²) in [5.41, 5.74) is 1.99. The van der Waals surface area contributed by atoms with Crippen LogP contribution in [-0.2, 0) is 4.79 Å². The van der Waals surface area contributed by atoms with E-state index in [1.807, 2.05) is 19.1 Å². The molecule has 21 heavy (non-hydrogen) atoms. The summed E-state index contributed by atoms with van der Waals surface area (Å²) < 4.78 is 1.55. The number of aromatic nitrogens is 2. The first kappa shape index (κ1) is 15.0. The molecule has 2 rings (SSSR count). The molecule has 0 aliphatic carbocycles. The topological polar surface area (TPSA) is 72.2 Å². The van der Waals surface area contributed by atoms with Crippen molar-refractivity contribution in [2.75, 3.05) is 0 Å². The van der Waals surface area contributed by atoms with E-state index in [2.05, 4.69) is 5.10 Å². The summed E-state index contributed by atoms with van der Waals surface area (Å²) in [7, 11) is 0. The first-order valence-corrected chi connectivity index (χ1v) is 6.55. The average molecular weight is 305 g/mol. The second kappa shape index (κ2) is 5.93. The highest BCUT2D eigenvalue weighted by molar-refractivity contribution is 6.31. The number of hydrogen-bond acceptors (Lipinski definition) is 3. The number of carbonyl (C=O) groups is 1. The van der Waals surface area contributed by atoms with E-state index in [0.717, 1.165) is 11.6 Å². The molecule has 0 amide bonds. The minimum absolute atomic E-state index is 0.0553. The molecule has 0 aliphatic rings. The number of benzene rings is 1. The molecule has 2 aromatic rings. The number of aliphatic carboxylic acids is 1. The van der Waals surface area contributed by atoms with Gasteiger partial charge in [-0.2, -0.15) is 5.10 Å². The van der Waals surface area contributed by atoms with Crippen LogP contribution in [0.3, 0.4) is 0 Å². The fourth-order valence-electron chi connectivity index (χ4n) is 1.80. The average Bonchev–Trinajstić information content (AvgIpc) is 2.41. The molecule has 5 nitrogen and oxygen atoms in total. The third-order valence-corrected chi connectivity index (χ3v) is 3.33. The maximum atomic E-state index is 11.8. The minimum atomic E-state index is -1.14. The molecule has 0 aliphatic heterocycles. The van der Waals surface area contributed by atoms with E-state index in [4.69, 9.17) is 16.7 Å². The van der Waals surface area contributed by atoms with Crippen LogP contribution in [0.4, 0.5) is 0 Å². The van der Waals surface area contributed by atoms with Gasteiger partial charge in [-0.15, -0.1) is 0 Å². The minimum Gasteiger partial charge on any atom is -0.478 e. The number of aryl methyl sites for hydroxylation is 2. The number of carboxylic acid groups (broad SMARTS) is 1. The van der Waals surface area contributed by atoms with Crippen molar-refractivity contribution in [2.24, 2.45) is 0 Å². The van der Waals surface area contributed by atoms with Gasteiger partial charge < -0.3 is 5.11 Å². The fourth-order valence-corrected chi connectivity index (χ4v) is 1.98. The van der Waals surface area contributed by atoms with Crippen molar-refractivity contribution in [3.8, 4) is 5.69 Å². The first-order chi connectivity index (χ1) is 9.88. The molecule has 1 heterocycles. The van der Waals surface area contributed by atoms with Gasteiger partial charge in [0.15, 0.2) is 0 Å². The Balaban J connectivity index is 2.58. The maximum absolute atomic E-state index is 11.8. The zero-order valence-corrected chi connectivity index (χ0v) is 12.3. The molecule has 108 valence electrons. The van der Waals surface area contributed by atoms with E-state index >= 15 is 0 Å². The van der Waals surface area contributed by atoms with Crippen molar-refractivity contribution in [2.45, 2.75) is 13.8 Å². The van der Waals surface area contributed by atoms with Gasteiger partial charge in [-0.1, -0.05) is 17.7 Å². The van der Waals surface area contributed by atoms with Gasteiger partial charge in [-0.05, 0) is 37.6 Å². The number of hydrogen-bond donors (Lipinski definition) is 1. The van der Waals surface area contributed by atoms with Gasteiger partial charge in [0.1, 0.15) is 5.69 Å². The molecule has 1 N–H and O–H groups in total. The molecule has 6 heteroatoms. The number of carboxylic acids is 1. The van der Waals surface area contributed by atoms with E-state index in [0.29, 0.717) is 16.4 Å². The lowest BCUT2D eigenvalue weighted by Crippen LogP contribution is -2.16. The Bertz CT molecular complexity index is 794. The molecule has 0 unspecified atom stereocenters. The van der Waals surface area contributed by atoms with Crippen LogP contribution in [0.5, 0.6) is 0 Å². The van der Waals surface area contributed by atoms with Crippen molar-refractivity contribution >= 4 is 23.6 Å². The van der Waals surface area contributed by atoms with E-state index in [1.54, 1.807) is 17.7 Å². The molecule has 1 aromatic heterocycles. The lowest BCUT2D eigenvalue weighted by Gasteiger charge is -2.11. The van der Waals surface area contributed by atoms with E-state index < -0.39 is 5.97 Å². The van der Waals surface area contributed by atoms with E-state index in [9.17, 15) is 9.59 Å². The molecule has 0 spiro atoms. The lowest BCUT2D eigenvalue weighted by atomic mass is 10.2. The second-order valence-corrected chi connectivity index (χ2v) is 4.96. The Morgan fingerprint density at radius 1 is 1.33 bits per heavy atom. The van der Waals surface area contributed by atoms with Crippen molar-refractivity contribution < 1.29 is 9.90 Å². The van der Waals surface area contributed by atoms with Gasteiger partial charge in [-0.3, -0.25) is 4.79 Å². The molecule has 0 saturated heterocycles. The molecular weight excluding hydrogens is 292 g/mol. The van der Waals surface area contributed by atoms with E-state index in [1.165, 1.54) is 12.1 Å². The van der Waals surface area contributed by atoms with Crippen LogP contribution >= 0.6 is 11.6 Å². The summed E-state index contributed by atoms with van der Waals surface area (Å²) in [6.45, 7) is 3.63. The standard InChI is InChI=1S/C15H13ClN2O3/c1-9-3-4-11(8-12(9)16)18-10(2)7-14(19)13(17-18)5-6-15(20)21/h3-8H,1-2H3,(H,20,21)/b6-5+. The van der Waals surface area contributed by atoms with Crippen LogP contribution in [-0.4, -0.2) is 20.9 Å². The van der Waals surface area contributed by atoms with Crippen molar-refractivity contribution in [3.05, 3.63) is 62.5 Å². The monoisotopic (exact) mass is 304 g/mol. The van der Waals surface area contributed by atoms with Gasteiger partial charge in [0.2, 0.25) is 5.43 Å². The van der Waals surface area contributed by atoms with Gasteiger partial charge in [0.05, 0.1) is 5.69 Å². The first-order valence-electron chi connectivity index (χ1n) is 6.17. The predicted molar refractivity (Wildman–Crippen MR) is 81.0 cm³/mol. The Morgan fingerprint density at radius 2 is 2.05 bits per heavy atom. The zero-order chi connectivity index (χ0) is 15.6. The SMILES string of the molecule is Cc1ccc(-n2nc(/C=C/C(=O)O)c(=O)cc2C)cc1Cl. The summed E-state index contributed by atoms with van der Waals surface area (Å²) in [6, 6.07) is 6.83. The van der Waals surface area contributed by atoms with Crippen LogP contribution in [0, 0.1) is 13.8 Å². The smallest absolute Gasteiger partial charge is 0.328 e. The Kier molecular flexibility index (Phi) is 4.23. The normalized spacial score (nSPS) is 11.0. The molecule has 0 radical (unpaired) electrons. The Labute approximate surface area is 126 Å². The molecular formula is C15H13ClN2O3. The molecule has 0 saturated carbocycles.